The Morgan fingerprint density at radius 3 is 2.18 bits per heavy atom. The molecule has 2 heteroatoms. The fourth-order valence-electron chi connectivity index (χ4n) is 2.38. The first-order valence-electron chi connectivity index (χ1n) is 8.43. The van der Waals surface area contributed by atoms with Gasteiger partial charge in [-0.15, -0.1) is 0 Å². The van der Waals surface area contributed by atoms with Gasteiger partial charge in [0.05, 0.1) is 0 Å². The van der Waals surface area contributed by atoms with Gasteiger partial charge >= 0.3 is 0 Å². The predicted molar refractivity (Wildman–Crippen MR) is 93.8 cm³/mol. The maximum Gasteiger partial charge on any atom is 0.123 e. The largest absolute Gasteiger partial charge is 0.490 e. The van der Waals surface area contributed by atoms with Crippen molar-refractivity contribution in [3.63, 3.8) is 0 Å². The van der Waals surface area contributed by atoms with Crippen LogP contribution in [-0.4, -0.2) is 12.4 Å². The number of hydrogen-bond acceptors (Lipinski definition) is 2. The minimum absolute atomic E-state index is 0.0517. The van der Waals surface area contributed by atoms with Crippen molar-refractivity contribution in [2.24, 2.45) is 0 Å². The molecule has 0 spiro atoms. The number of benzene rings is 1. The van der Waals surface area contributed by atoms with Crippen LogP contribution in [-0.2, 0) is 15.6 Å². The molecule has 1 aromatic rings. The minimum Gasteiger partial charge on any atom is -0.490 e. The lowest BCUT2D eigenvalue weighted by atomic mass is 9.76. The summed E-state index contributed by atoms with van der Waals surface area (Å²) in [6.07, 6.45) is 3.40. The predicted octanol–water partition coefficient (Wildman–Crippen LogP) is 5.42. The molecule has 0 saturated carbocycles. The second-order valence-electron chi connectivity index (χ2n) is 7.52. The maximum atomic E-state index is 10.7. The van der Waals surface area contributed by atoms with Gasteiger partial charge in [0.1, 0.15) is 18.1 Å². The van der Waals surface area contributed by atoms with Crippen LogP contribution in [0.25, 0.3) is 0 Å². The van der Waals surface area contributed by atoms with E-state index in [1.54, 1.807) is 0 Å². The van der Waals surface area contributed by atoms with Crippen LogP contribution in [0.2, 0.25) is 0 Å². The summed E-state index contributed by atoms with van der Waals surface area (Å²) in [5.74, 6) is 0.914. The molecule has 0 aliphatic heterocycles. The Morgan fingerprint density at radius 1 is 1.09 bits per heavy atom. The van der Waals surface area contributed by atoms with E-state index in [0.29, 0.717) is 6.42 Å². The Labute approximate surface area is 136 Å². The summed E-state index contributed by atoms with van der Waals surface area (Å²) < 4.78 is 6.04. The molecular formula is C20H32O2. The normalized spacial score (nSPS) is 13.8. The molecule has 0 aliphatic rings. The van der Waals surface area contributed by atoms with Crippen molar-refractivity contribution in [1.29, 1.82) is 0 Å². The van der Waals surface area contributed by atoms with Crippen molar-refractivity contribution < 1.29 is 9.53 Å². The molecular weight excluding hydrogens is 272 g/mol. The van der Waals surface area contributed by atoms with Crippen molar-refractivity contribution in [3.05, 3.63) is 29.3 Å². The van der Waals surface area contributed by atoms with E-state index in [1.165, 1.54) is 11.1 Å². The molecule has 1 atom stereocenters. The van der Waals surface area contributed by atoms with E-state index >= 15 is 0 Å². The fourth-order valence-corrected chi connectivity index (χ4v) is 2.38. The zero-order valence-corrected chi connectivity index (χ0v) is 15.3. The highest BCUT2D eigenvalue weighted by molar-refractivity contribution is 5.50. The van der Waals surface area contributed by atoms with Crippen LogP contribution in [0.15, 0.2) is 18.2 Å². The number of ether oxygens (including phenoxy) is 1. The SMILES string of the molecule is CCC(C)(C)c1ccc(OC(C)CC=O)c(C(C)(C)CC)c1. The lowest BCUT2D eigenvalue weighted by Gasteiger charge is -2.31. The highest BCUT2D eigenvalue weighted by Crippen LogP contribution is 2.38. The highest BCUT2D eigenvalue weighted by Gasteiger charge is 2.27. The Morgan fingerprint density at radius 2 is 1.68 bits per heavy atom. The van der Waals surface area contributed by atoms with Crippen LogP contribution >= 0.6 is 0 Å². The quantitative estimate of drug-likeness (QED) is 0.600. The standard InChI is InChI=1S/C20H32O2/c1-8-19(4,5)16-10-11-18(22-15(3)12-13-21)17(14-16)20(6,7)9-2/h10-11,13-15H,8-9,12H2,1-7H3. The average Bonchev–Trinajstić information content (AvgIpc) is 2.47. The zero-order chi connectivity index (χ0) is 17.0. The summed E-state index contributed by atoms with van der Waals surface area (Å²) in [6.45, 7) is 15.4. The summed E-state index contributed by atoms with van der Waals surface area (Å²) in [6, 6.07) is 6.55. The van der Waals surface area contributed by atoms with E-state index < -0.39 is 0 Å². The number of rotatable bonds is 8. The lowest BCUT2D eigenvalue weighted by Crippen LogP contribution is -2.22. The summed E-state index contributed by atoms with van der Waals surface area (Å²) in [4.78, 5) is 10.7. The molecule has 22 heavy (non-hydrogen) atoms. The Bertz CT molecular complexity index is 500. The van der Waals surface area contributed by atoms with Gasteiger partial charge in [-0.2, -0.15) is 0 Å². The van der Waals surface area contributed by atoms with Crippen LogP contribution in [0.4, 0.5) is 0 Å². The first kappa shape index (κ1) is 18.7. The molecule has 0 saturated heterocycles. The summed E-state index contributed by atoms with van der Waals surface area (Å²) in [7, 11) is 0. The van der Waals surface area contributed by atoms with Gasteiger partial charge in [0.15, 0.2) is 0 Å². The third-order valence-corrected chi connectivity index (χ3v) is 5.01. The Hall–Kier alpha value is -1.31. The van der Waals surface area contributed by atoms with Gasteiger partial charge in [-0.05, 0) is 42.2 Å². The van der Waals surface area contributed by atoms with Crippen molar-refractivity contribution in [2.75, 3.05) is 0 Å². The van der Waals surface area contributed by atoms with E-state index in [9.17, 15) is 4.79 Å². The van der Waals surface area contributed by atoms with E-state index in [-0.39, 0.29) is 16.9 Å². The maximum absolute atomic E-state index is 10.7. The Kier molecular flexibility index (Phi) is 6.22. The molecule has 1 rings (SSSR count). The van der Waals surface area contributed by atoms with E-state index in [1.807, 2.05) is 6.92 Å². The molecule has 0 aromatic heterocycles. The first-order valence-corrected chi connectivity index (χ1v) is 8.43. The van der Waals surface area contributed by atoms with Crippen LogP contribution in [0.3, 0.4) is 0 Å². The summed E-state index contributed by atoms with van der Waals surface area (Å²) in [5.41, 5.74) is 2.80. The van der Waals surface area contributed by atoms with Crippen LogP contribution in [0, 0.1) is 0 Å². The molecule has 1 unspecified atom stereocenters. The summed E-state index contributed by atoms with van der Waals surface area (Å²) in [5, 5.41) is 0. The molecule has 0 N–H and O–H groups in total. The van der Waals surface area contributed by atoms with Gasteiger partial charge in [-0.25, -0.2) is 0 Å². The van der Waals surface area contributed by atoms with Gasteiger partial charge in [0.2, 0.25) is 0 Å². The van der Waals surface area contributed by atoms with E-state index in [4.69, 9.17) is 4.74 Å². The average molecular weight is 304 g/mol. The van der Waals surface area contributed by atoms with Crippen molar-refractivity contribution in [2.45, 2.75) is 84.7 Å². The number of aldehydes is 1. The van der Waals surface area contributed by atoms with Crippen molar-refractivity contribution in [3.8, 4) is 5.75 Å². The minimum atomic E-state index is -0.0889. The van der Waals surface area contributed by atoms with Crippen molar-refractivity contribution >= 4 is 6.29 Å². The fraction of sp³-hybridized carbons (Fsp3) is 0.650. The van der Waals surface area contributed by atoms with Gasteiger partial charge in [0.25, 0.3) is 0 Å². The monoisotopic (exact) mass is 304 g/mol. The number of hydrogen-bond donors (Lipinski definition) is 0. The second kappa shape index (κ2) is 7.30. The molecule has 0 radical (unpaired) electrons. The second-order valence-corrected chi connectivity index (χ2v) is 7.52. The third kappa shape index (κ3) is 4.34. The molecule has 2 nitrogen and oxygen atoms in total. The molecule has 124 valence electrons. The van der Waals surface area contributed by atoms with Gasteiger partial charge < -0.3 is 9.53 Å². The molecule has 1 aromatic carbocycles. The number of carbonyl (C=O) groups excluding carboxylic acids is 1. The molecule has 0 bridgehead atoms. The van der Waals surface area contributed by atoms with Crippen LogP contribution in [0.5, 0.6) is 5.75 Å². The van der Waals surface area contributed by atoms with E-state index in [2.05, 4.69) is 59.7 Å². The summed E-state index contributed by atoms with van der Waals surface area (Å²) >= 11 is 0. The molecule has 0 fully saturated rings. The topological polar surface area (TPSA) is 26.3 Å². The van der Waals surface area contributed by atoms with Gasteiger partial charge in [-0.3, -0.25) is 0 Å². The van der Waals surface area contributed by atoms with Crippen LogP contribution < -0.4 is 4.74 Å². The highest BCUT2D eigenvalue weighted by atomic mass is 16.5. The smallest absolute Gasteiger partial charge is 0.123 e. The molecule has 0 heterocycles. The number of carbonyl (C=O) groups is 1. The third-order valence-electron chi connectivity index (χ3n) is 5.01. The van der Waals surface area contributed by atoms with Gasteiger partial charge in [-0.1, -0.05) is 53.7 Å². The molecule has 0 aliphatic carbocycles. The Balaban J connectivity index is 3.30. The van der Waals surface area contributed by atoms with Crippen molar-refractivity contribution in [1.82, 2.24) is 0 Å². The lowest BCUT2D eigenvalue weighted by molar-refractivity contribution is -0.109. The van der Waals surface area contributed by atoms with E-state index in [0.717, 1.165) is 24.9 Å². The zero-order valence-electron chi connectivity index (χ0n) is 15.3. The van der Waals surface area contributed by atoms with Gasteiger partial charge in [0, 0.05) is 12.0 Å². The first-order chi connectivity index (χ1) is 10.2. The molecule has 0 amide bonds. The van der Waals surface area contributed by atoms with Crippen LogP contribution in [0.1, 0.15) is 78.9 Å².